The zero-order valence-corrected chi connectivity index (χ0v) is 14.9. The number of methoxy groups -OCH3 is 1. The van der Waals surface area contributed by atoms with Crippen molar-refractivity contribution in [3.05, 3.63) is 83.1 Å². The number of aromatic nitrogens is 1. The van der Waals surface area contributed by atoms with Crippen molar-refractivity contribution in [3.8, 4) is 11.5 Å². The molecule has 0 radical (unpaired) electrons. The van der Waals surface area contributed by atoms with Gasteiger partial charge < -0.3 is 14.8 Å². The Labute approximate surface area is 156 Å². The van der Waals surface area contributed by atoms with E-state index in [-0.39, 0.29) is 12.5 Å². The number of rotatable bonds is 6. The van der Waals surface area contributed by atoms with Crippen molar-refractivity contribution < 1.29 is 14.3 Å². The molecule has 132 valence electrons. The van der Waals surface area contributed by atoms with Crippen LogP contribution in [0.1, 0.15) is 15.9 Å². The van der Waals surface area contributed by atoms with E-state index in [1.807, 2.05) is 18.2 Å². The van der Waals surface area contributed by atoms with E-state index in [0.29, 0.717) is 27.8 Å². The molecular weight excluding hydrogens is 352 g/mol. The minimum Gasteiger partial charge on any atom is -0.497 e. The second kappa shape index (κ2) is 8.36. The fourth-order valence-corrected chi connectivity index (χ4v) is 2.53. The second-order valence-corrected chi connectivity index (χ2v) is 5.85. The van der Waals surface area contributed by atoms with Gasteiger partial charge in [0, 0.05) is 22.8 Å². The van der Waals surface area contributed by atoms with Crippen molar-refractivity contribution in [2.24, 2.45) is 0 Å². The SMILES string of the molecule is COc1ccc(C(=O)Nc2cccnc2)c(OCc2ccccc2Cl)c1. The molecule has 1 aromatic heterocycles. The quantitative estimate of drug-likeness (QED) is 0.692. The fourth-order valence-electron chi connectivity index (χ4n) is 2.34. The van der Waals surface area contributed by atoms with Gasteiger partial charge in [-0.3, -0.25) is 9.78 Å². The van der Waals surface area contributed by atoms with Crippen LogP contribution in [0.3, 0.4) is 0 Å². The highest BCUT2D eigenvalue weighted by molar-refractivity contribution is 6.31. The van der Waals surface area contributed by atoms with E-state index in [2.05, 4.69) is 10.3 Å². The minimum absolute atomic E-state index is 0.236. The van der Waals surface area contributed by atoms with Gasteiger partial charge in [-0.1, -0.05) is 29.8 Å². The van der Waals surface area contributed by atoms with Gasteiger partial charge in [0.2, 0.25) is 0 Å². The number of pyridine rings is 1. The van der Waals surface area contributed by atoms with Crippen molar-refractivity contribution in [2.75, 3.05) is 12.4 Å². The van der Waals surface area contributed by atoms with E-state index in [1.54, 1.807) is 55.9 Å². The van der Waals surface area contributed by atoms with Crippen LogP contribution in [-0.2, 0) is 6.61 Å². The number of hydrogen-bond acceptors (Lipinski definition) is 4. The van der Waals surface area contributed by atoms with Gasteiger partial charge in [-0.15, -0.1) is 0 Å². The molecule has 0 atom stereocenters. The molecule has 0 bridgehead atoms. The molecule has 0 aliphatic rings. The molecule has 0 aliphatic heterocycles. The first-order valence-corrected chi connectivity index (χ1v) is 8.31. The van der Waals surface area contributed by atoms with E-state index in [4.69, 9.17) is 21.1 Å². The maximum atomic E-state index is 12.6. The third-order valence-corrected chi connectivity index (χ3v) is 4.06. The van der Waals surface area contributed by atoms with Gasteiger partial charge in [-0.2, -0.15) is 0 Å². The molecule has 0 saturated carbocycles. The fraction of sp³-hybridized carbons (Fsp3) is 0.100. The number of hydrogen-bond donors (Lipinski definition) is 1. The minimum atomic E-state index is -0.296. The van der Waals surface area contributed by atoms with Crippen LogP contribution in [0.5, 0.6) is 11.5 Å². The first-order valence-electron chi connectivity index (χ1n) is 7.93. The number of amides is 1. The zero-order valence-electron chi connectivity index (χ0n) is 14.1. The summed E-state index contributed by atoms with van der Waals surface area (Å²) < 4.78 is 11.1. The standard InChI is InChI=1S/C20H17ClN2O3/c1-25-16-8-9-17(20(24)23-15-6-4-10-22-12-15)19(11-16)26-13-14-5-2-3-7-18(14)21/h2-12H,13H2,1H3,(H,23,24). The van der Waals surface area contributed by atoms with Crippen LogP contribution < -0.4 is 14.8 Å². The van der Waals surface area contributed by atoms with Crippen LogP contribution in [0.25, 0.3) is 0 Å². The molecule has 1 amide bonds. The molecule has 0 aliphatic carbocycles. The highest BCUT2D eigenvalue weighted by atomic mass is 35.5. The molecule has 1 heterocycles. The number of halogens is 1. The largest absolute Gasteiger partial charge is 0.497 e. The van der Waals surface area contributed by atoms with Gasteiger partial charge in [-0.25, -0.2) is 0 Å². The summed E-state index contributed by atoms with van der Waals surface area (Å²) in [4.78, 5) is 16.6. The number of carbonyl (C=O) groups excluding carboxylic acids is 1. The smallest absolute Gasteiger partial charge is 0.259 e. The Kier molecular flexibility index (Phi) is 5.71. The van der Waals surface area contributed by atoms with Crippen LogP contribution in [0.4, 0.5) is 5.69 Å². The first kappa shape index (κ1) is 17.8. The van der Waals surface area contributed by atoms with E-state index in [0.717, 1.165) is 5.56 Å². The summed E-state index contributed by atoms with van der Waals surface area (Å²) in [7, 11) is 1.56. The monoisotopic (exact) mass is 368 g/mol. The predicted molar refractivity (Wildman–Crippen MR) is 101 cm³/mol. The topological polar surface area (TPSA) is 60.5 Å². The van der Waals surface area contributed by atoms with Crippen LogP contribution in [0.15, 0.2) is 67.0 Å². The maximum absolute atomic E-state index is 12.6. The van der Waals surface area contributed by atoms with Crippen LogP contribution >= 0.6 is 11.6 Å². The Morgan fingerprint density at radius 3 is 2.73 bits per heavy atom. The lowest BCUT2D eigenvalue weighted by molar-refractivity contribution is 0.102. The summed E-state index contributed by atoms with van der Waals surface area (Å²) in [6.45, 7) is 0.236. The van der Waals surface area contributed by atoms with Gasteiger partial charge >= 0.3 is 0 Å². The van der Waals surface area contributed by atoms with Gasteiger partial charge in [0.1, 0.15) is 18.1 Å². The van der Waals surface area contributed by atoms with Crippen molar-refractivity contribution in [2.45, 2.75) is 6.61 Å². The summed E-state index contributed by atoms with van der Waals surface area (Å²) in [5.74, 6) is 0.706. The summed E-state index contributed by atoms with van der Waals surface area (Å²) in [5, 5.41) is 3.41. The Morgan fingerprint density at radius 1 is 1.15 bits per heavy atom. The molecule has 6 heteroatoms. The van der Waals surface area contributed by atoms with E-state index < -0.39 is 0 Å². The van der Waals surface area contributed by atoms with Gasteiger partial charge in [-0.05, 0) is 30.3 Å². The molecule has 0 unspecified atom stereocenters. The van der Waals surface area contributed by atoms with Crippen LogP contribution in [0.2, 0.25) is 5.02 Å². The maximum Gasteiger partial charge on any atom is 0.259 e. The van der Waals surface area contributed by atoms with Crippen LogP contribution in [-0.4, -0.2) is 18.0 Å². The highest BCUT2D eigenvalue weighted by Crippen LogP contribution is 2.27. The van der Waals surface area contributed by atoms with Crippen molar-refractivity contribution in [3.63, 3.8) is 0 Å². The zero-order chi connectivity index (χ0) is 18.4. The van der Waals surface area contributed by atoms with Gasteiger partial charge in [0.15, 0.2) is 0 Å². The van der Waals surface area contributed by atoms with E-state index in [1.165, 1.54) is 0 Å². The molecule has 3 rings (SSSR count). The third-order valence-electron chi connectivity index (χ3n) is 3.69. The average Bonchev–Trinajstić information content (AvgIpc) is 2.68. The normalized spacial score (nSPS) is 10.2. The number of nitrogens with zero attached hydrogens (tertiary/aromatic N) is 1. The molecule has 0 spiro atoms. The number of carbonyl (C=O) groups is 1. The molecule has 3 aromatic rings. The first-order chi connectivity index (χ1) is 12.7. The van der Waals surface area contributed by atoms with E-state index >= 15 is 0 Å². The average molecular weight is 369 g/mol. The molecule has 2 aromatic carbocycles. The lowest BCUT2D eigenvalue weighted by Crippen LogP contribution is -2.14. The van der Waals surface area contributed by atoms with Gasteiger partial charge in [0.25, 0.3) is 5.91 Å². The molecule has 5 nitrogen and oxygen atoms in total. The lowest BCUT2D eigenvalue weighted by atomic mass is 10.1. The Morgan fingerprint density at radius 2 is 2.00 bits per heavy atom. The van der Waals surface area contributed by atoms with Crippen molar-refractivity contribution >= 4 is 23.2 Å². The molecule has 26 heavy (non-hydrogen) atoms. The summed E-state index contributed by atoms with van der Waals surface area (Å²) in [5.41, 5.74) is 1.82. The van der Waals surface area contributed by atoms with Crippen molar-refractivity contribution in [1.29, 1.82) is 0 Å². The highest BCUT2D eigenvalue weighted by Gasteiger charge is 2.15. The third kappa shape index (κ3) is 4.32. The molecular formula is C20H17ClN2O3. The second-order valence-electron chi connectivity index (χ2n) is 5.44. The number of benzene rings is 2. The lowest BCUT2D eigenvalue weighted by Gasteiger charge is -2.14. The Bertz CT molecular complexity index is 901. The molecule has 1 N–H and O–H groups in total. The molecule has 0 saturated heterocycles. The number of ether oxygens (including phenoxy) is 2. The van der Waals surface area contributed by atoms with Crippen LogP contribution in [0, 0.1) is 0 Å². The predicted octanol–water partition coefficient (Wildman–Crippen LogP) is 4.57. The Balaban J connectivity index is 1.83. The molecule has 0 fully saturated rings. The summed E-state index contributed by atoms with van der Waals surface area (Å²) in [6.07, 6.45) is 3.22. The van der Waals surface area contributed by atoms with E-state index in [9.17, 15) is 4.79 Å². The summed E-state index contributed by atoms with van der Waals surface area (Å²) in [6, 6.07) is 16.0. The number of anilines is 1. The number of nitrogens with one attached hydrogen (secondary N) is 1. The van der Waals surface area contributed by atoms with Gasteiger partial charge in [0.05, 0.1) is 24.6 Å². The summed E-state index contributed by atoms with van der Waals surface area (Å²) >= 11 is 6.17. The Hall–Kier alpha value is -3.05. The van der Waals surface area contributed by atoms with Crippen molar-refractivity contribution in [1.82, 2.24) is 4.98 Å².